The Morgan fingerprint density at radius 2 is 1.65 bits per heavy atom. The number of hydrogen-bond acceptors (Lipinski definition) is 7. The third-order valence-electron chi connectivity index (χ3n) is 8.04. The van der Waals surface area contributed by atoms with Crippen molar-refractivity contribution in [2.75, 3.05) is 19.7 Å². The Labute approximate surface area is 298 Å². The Hall–Kier alpha value is -4.34. The van der Waals surface area contributed by atoms with E-state index in [2.05, 4.69) is 16.0 Å². The molecule has 280 valence electrons. The highest BCUT2D eigenvalue weighted by atomic mass is 32.2. The molecule has 11 nitrogen and oxygen atoms in total. The first-order chi connectivity index (χ1) is 24.1. The van der Waals surface area contributed by atoms with E-state index >= 15 is 0 Å². The summed E-state index contributed by atoms with van der Waals surface area (Å²) < 4.78 is 61.2. The molecule has 1 fully saturated rings. The van der Waals surface area contributed by atoms with Crippen LogP contribution in [0, 0.1) is 23.5 Å². The fourth-order valence-electron chi connectivity index (χ4n) is 5.38. The molecular weight excluding hydrogens is 696 g/mol. The number of thioether (sulfide) groups is 1. The number of amides is 4. The summed E-state index contributed by atoms with van der Waals surface area (Å²) in [6, 6.07) is 6.71. The lowest BCUT2D eigenvalue weighted by molar-refractivity contribution is -0.141. The number of aromatic carboxylic acids is 1. The van der Waals surface area contributed by atoms with Crippen molar-refractivity contribution in [2.45, 2.75) is 82.5 Å². The van der Waals surface area contributed by atoms with Gasteiger partial charge in [0, 0.05) is 36.1 Å². The van der Waals surface area contributed by atoms with Crippen molar-refractivity contribution in [3.63, 3.8) is 0 Å². The van der Waals surface area contributed by atoms with E-state index in [0.29, 0.717) is 17.9 Å². The van der Waals surface area contributed by atoms with Gasteiger partial charge in [-0.3, -0.25) is 14.4 Å². The van der Waals surface area contributed by atoms with Crippen LogP contribution in [-0.2, 0) is 31.3 Å². The number of likely N-dealkylation sites (tertiary alicyclic amines) is 1. The number of carbonyl (C=O) groups excluding carboxylic acids is 4. The quantitative estimate of drug-likeness (QED) is 0.169. The number of nitrogens with one attached hydrogen (secondary N) is 3. The Kier molecular flexibility index (Phi) is 15.6. The molecule has 0 saturated carbocycles. The number of halogens is 4. The molecule has 0 aromatic heterocycles. The van der Waals surface area contributed by atoms with Crippen LogP contribution in [0.4, 0.5) is 22.4 Å². The number of alkyl halides is 2. The number of nitrogens with zero attached hydrogens (tertiary/aromatic N) is 1. The fourth-order valence-corrected chi connectivity index (χ4v) is 6.58. The summed E-state index contributed by atoms with van der Waals surface area (Å²) in [5, 5.41) is 15.9. The van der Waals surface area contributed by atoms with Crippen molar-refractivity contribution in [3.05, 3.63) is 70.8 Å². The SMILES string of the molecule is CC(C)COC(=O)N[C@H](C(=O)N1C[C@H](SCc2ccccc2)C[C@H]1C(=O)N[C@@H](CC(F)F)C(=O)NCCc1c(F)cc(C(=O)O)cc1F)C(C)C. The standard InChI is InChI=1S/C35H44F4N4O7S/c1-19(2)17-50-35(49)42-30(20(3)4)33(46)43-16-23(51-18-21-8-6-5-7-9-21)14-28(43)32(45)41-27(15-29(38)39)31(44)40-11-10-24-25(36)12-22(34(47)48)13-26(24)37/h5-9,12-13,19-20,23,27-30H,10-11,14-18H2,1-4H3,(H,40,44)(H,41,45)(H,42,49)(H,47,48)/t23-,27+,28+,30+/m1/s1. The second kappa shape index (κ2) is 19.3. The lowest BCUT2D eigenvalue weighted by Crippen LogP contribution is -2.57. The van der Waals surface area contributed by atoms with E-state index in [1.165, 1.54) is 16.7 Å². The molecule has 3 rings (SSSR count). The summed E-state index contributed by atoms with van der Waals surface area (Å²) in [5.41, 5.74) is -0.122. The zero-order valence-corrected chi connectivity index (χ0v) is 29.6. The van der Waals surface area contributed by atoms with Gasteiger partial charge in [-0.15, -0.1) is 0 Å². The average Bonchev–Trinajstić information content (AvgIpc) is 3.50. The second-order valence-corrected chi connectivity index (χ2v) is 14.3. The number of ether oxygens (including phenoxy) is 1. The molecule has 0 spiro atoms. The molecule has 1 aliphatic heterocycles. The van der Waals surface area contributed by atoms with Gasteiger partial charge in [-0.1, -0.05) is 58.0 Å². The minimum absolute atomic E-state index is 0.0455. The number of benzene rings is 2. The van der Waals surface area contributed by atoms with Gasteiger partial charge in [0.2, 0.25) is 24.1 Å². The van der Waals surface area contributed by atoms with E-state index in [1.54, 1.807) is 13.8 Å². The molecule has 0 unspecified atom stereocenters. The van der Waals surface area contributed by atoms with Crippen molar-refractivity contribution in [1.29, 1.82) is 0 Å². The van der Waals surface area contributed by atoms with Gasteiger partial charge in [-0.05, 0) is 42.4 Å². The number of hydrogen-bond donors (Lipinski definition) is 4. The predicted octanol–water partition coefficient (Wildman–Crippen LogP) is 4.77. The zero-order chi connectivity index (χ0) is 37.8. The minimum atomic E-state index is -3.03. The number of carboxylic acid groups (broad SMARTS) is 1. The molecule has 2 aromatic rings. The molecule has 0 radical (unpaired) electrons. The molecular formula is C35H44F4N4O7S. The summed E-state index contributed by atoms with van der Waals surface area (Å²) in [7, 11) is 0. The van der Waals surface area contributed by atoms with Crippen molar-refractivity contribution in [3.8, 4) is 0 Å². The highest BCUT2D eigenvalue weighted by Crippen LogP contribution is 2.31. The summed E-state index contributed by atoms with van der Waals surface area (Å²) in [5.74, 6) is -6.17. The maximum absolute atomic E-state index is 14.4. The Morgan fingerprint density at radius 3 is 2.22 bits per heavy atom. The van der Waals surface area contributed by atoms with E-state index in [1.807, 2.05) is 44.2 Å². The number of carboxylic acids is 1. The fraction of sp³-hybridized carbons (Fsp3) is 0.514. The van der Waals surface area contributed by atoms with Gasteiger partial charge in [-0.2, -0.15) is 11.8 Å². The molecule has 4 amide bonds. The number of carbonyl (C=O) groups is 5. The largest absolute Gasteiger partial charge is 0.478 e. The van der Waals surface area contributed by atoms with Gasteiger partial charge < -0.3 is 30.7 Å². The van der Waals surface area contributed by atoms with E-state index in [4.69, 9.17) is 9.84 Å². The van der Waals surface area contributed by atoms with E-state index in [-0.39, 0.29) is 30.7 Å². The monoisotopic (exact) mass is 740 g/mol. The van der Waals surface area contributed by atoms with Crippen LogP contribution < -0.4 is 16.0 Å². The van der Waals surface area contributed by atoms with E-state index < -0.39 is 102 Å². The van der Waals surface area contributed by atoms with Crippen LogP contribution >= 0.6 is 11.8 Å². The molecule has 51 heavy (non-hydrogen) atoms. The number of rotatable bonds is 17. The van der Waals surface area contributed by atoms with E-state index in [9.17, 15) is 41.5 Å². The Morgan fingerprint density at radius 1 is 1.00 bits per heavy atom. The third kappa shape index (κ3) is 12.4. The molecule has 1 heterocycles. The predicted molar refractivity (Wildman–Crippen MR) is 182 cm³/mol. The Bertz CT molecular complexity index is 1510. The van der Waals surface area contributed by atoms with E-state index in [0.717, 1.165) is 5.56 Å². The summed E-state index contributed by atoms with van der Waals surface area (Å²) in [6.07, 6.45) is -5.23. The van der Waals surface area contributed by atoms with Crippen LogP contribution in [0.5, 0.6) is 0 Å². The summed E-state index contributed by atoms with van der Waals surface area (Å²) in [4.78, 5) is 65.6. The maximum atomic E-state index is 14.4. The van der Waals surface area contributed by atoms with Gasteiger partial charge in [-0.25, -0.2) is 27.2 Å². The lowest BCUT2D eigenvalue weighted by Gasteiger charge is -2.31. The van der Waals surface area contributed by atoms with Crippen LogP contribution in [0.2, 0.25) is 0 Å². The third-order valence-corrected chi connectivity index (χ3v) is 9.35. The molecule has 2 aromatic carbocycles. The first-order valence-corrected chi connectivity index (χ1v) is 17.6. The Balaban J connectivity index is 1.77. The highest BCUT2D eigenvalue weighted by Gasteiger charge is 2.44. The smallest absolute Gasteiger partial charge is 0.407 e. The highest BCUT2D eigenvalue weighted by molar-refractivity contribution is 7.99. The number of alkyl carbamates (subject to hydrolysis) is 1. The molecule has 1 saturated heterocycles. The first-order valence-electron chi connectivity index (χ1n) is 16.5. The summed E-state index contributed by atoms with van der Waals surface area (Å²) in [6.45, 7) is 6.91. The van der Waals surface area contributed by atoms with Gasteiger partial charge in [0.25, 0.3) is 0 Å². The van der Waals surface area contributed by atoms with Crippen LogP contribution in [0.25, 0.3) is 0 Å². The van der Waals surface area contributed by atoms with Crippen LogP contribution in [-0.4, -0.2) is 89.3 Å². The maximum Gasteiger partial charge on any atom is 0.407 e. The van der Waals surface area contributed by atoms with Crippen LogP contribution in [0.15, 0.2) is 42.5 Å². The van der Waals surface area contributed by atoms with Crippen molar-refractivity contribution in [2.24, 2.45) is 11.8 Å². The molecule has 0 aliphatic carbocycles. The molecule has 4 atom stereocenters. The van der Waals surface area contributed by atoms with Gasteiger partial charge >= 0.3 is 12.1 Å². The van der Waals surface area contributed by atoms with Crippen molar-refractivity contribution in [1.82, 2.24) is 20.9 Å². The average molecular weight is 741 g/mol. The second-order valence-electron chi connectivity index (χ2n) is 13.0. The zero-order valence-electron chi connectivity index (χ0n) is 28.8. The topological polar surface area (TPSA) is 154 Å². The van der Waals surface area contributed by atoms with Gasteiger partial charge in [0.05, 0.1) is 12.2 Å². The first kappa shape index (κ1) is 41.1. The van der Waals surface area contributed by atoms with Crippen molar-refractivity contribution >= 4 is 41.5 Å². The molecule has 0 bridgehead atoms. The van der Waals surface area contributed by atoms with Gasteiger partial charge in [0.1, 0.15) is 29.8 Å². The molecule has 1 aliphatic rings. The molecule has 16 heteroatoms. The normalized spacial score (nSPS) is 17.0. The van der Waals surface area contributed by atoms with Crippen LogP contribution in [0.3, 0.4) is 0 Å². The van der Waals surface area contributed by atoms with Crippen LogP contribution in [0.1, 0.15) is 62.0 Å². The van der Waals surface area contributed by atoms with Crippen molar-refractivity contribution < 1.29 is 51.4 Å². The minimum Gasteiger partial charge on any atom is -0.478 e. The van der Waals surface area contributed by atoms with Gasteiger partial charge in [0.15, 0.2) is 0 Å². The molecule has 4 N–H and O–H groups in total. The summed E-state index contributed by atoms with van der Waals surface area (Å²) >= 11 is 1.50. The lowest BCUT2D eigenvalue weighted by atomic mass is 10.0.